The monoisotopic (exact) mass is 257 g/mol. The van der Waals surface area contributed by atoms with Crippen LogP contribution in [0.4, 0.5) is 0 Å². The van der Waals surface area contributed by atoms with Gasteiger partial charge in [-0.1, -0.05) is 18.2 Å². The second-order valence-electron chi connectivity index (χ2n) is 4.30. The van der Waals surface area contributed by atoms with Crippen molar-refractivity contribution >= 4 is 12.2 Å². The molecule has 1 heterocycles. The van der Waals surface area contributed by atoms with Crippen LogP contribution < -0.4 is 15.0 Å². The zero-order chi connectivity index (χ0) is 13.8. The molecule has 4 nitrogen and oxygen atoms in total. The lowest BCUT2D eigenvalue weighted by molar-refractivity contribution is -0.690. The normalized spacial score (nSPS) is 10.9. The molecule has 1 aromatic heterocycles. The average Bonchev–Trinajstić information content (AvgIpc) is 2.45. The minimum absolute atomic E-state index is 0.0446. The first-order valence-corrected chi connectivity index (χ1v) is 5.99. The van der Waals surface area contributed by atoms with Gasteiger partial charge in [-0.2, -0.15) is 9.36 Å². The highest BCUT2D eigenvalue weighted by Gasteiger charge is 2.06. The smallest absolute Gasteiger partial charge is 0.497 e. The number of aryl methyl sites for hydroxylation is 1. The average molecular weight is 257 g/mol. The van der Waals surface area contributed by atoms with Gasteiger partial charge in [0.15, 0.2) is 0 Å². The Kier molecular flexibility index (Phi) is 3.80. The molecule has 0 N–H and O–H groups in total. The summed E-state index contributed by atoms with van der Waals surface area (Å²) in [5.41, 5.74) is 1.87. The van der Waals surface area contributed by atoms with E-state index in [-0.39, 0.29) is 5.69 Å². The second kappa shape index (κ2) is 5.52. The van der Waals surface area contributed by atoms with Gasteiger partial charge < -0.3 is 4.74 Å². The zero-order valence-electron chi connectivity index (χ0n) is 11.3. The summed E-state index contributed by atoms with van der Waals surface area (Å²) in [5, 5.41) is 0. The van der Waals surface area contributed by atoms with E-state index in [1.165, 1.54) is 0 Å². The summed E-state index contributed by atoms with van der Waals surface area (Å²) < 4.78 is 8.27. The van der Waals surface area contributed by atoms with Gasteiger partial charge in [-0.15, -0.1) is 0 Å². The highest BCUT2D eigenvalue weighted by Crippen LogP contribution is 2.13. The van der Waals surface area contributed by atoms with Crippen molar-refractivity contribution in [3.05, 3.63) is 58.3 Å². The Morgan fingerprint density at radius 3 is 2.47 bits per heavy atom. The molecule has 0 bridgehead atoms. The maximum Gasteiger partial charge on any atom is 0.497 e. The number of hydrogen-bond donors (Lipinski definition) is 0. The minimum atomic E-state index is -0.0446. The largest absolute Gasteiger partial charge is 0.497 e. The summed E-state index contributed by atoms with van der Waals surface area (Å²) in [5.74, 6) is 0.830. The number of ether oxygens (including phenoxy) is 1. The molecule has 2 rings (SSSR count). The predicted octanol–water partition coefficient (Wildman–Crippen LogP) is 1.39. The van der Waals surface area contributed by atoms with Crippen LogP contribution in [0.25, 0.3) is 12.2 Å². The van der Waals surface area contributed by atoms with E-state index < -0.39 is 0 Å². The van der Waals surface area contributed by atoms with Crippen molar-refractivity contribution in [3.8, 4) is 5.75 Å². The Bertz CT molecular complexity index is 655. The fourth-order valence-corrected chi connectivity index (χ4v) is 1.77. The first-order valence-electron chi connectivity index (χ1n) is 5.99. The highest BCUT2D eigenvalue weighted by molar-refractivity contribution is 5.68. The van der Waals surface area contributed by atoms with E-state index in [1.54, 1.807) is 36.5 Å². The van der Waals surface area contributed by atoms with E-state index in [9.17, 15) is 4.79 Å². The Morgan fingerprint density at radius 2 is 1.84 bits per heavy atom. The summed E-state index contributed by atoms with van der Waals surface area (Å²) >= 11 is 0. The number of benzene rings is 1. The lowest BCUT2D eigenvalue weighted by Crippen LogP contribution is -2.50. The molecule has 0 aliphatic carbocycles. The molecule has 98 valence electrons. The lowest BCUT2D eigenvalue weighted by Gasteiger charge is -2.00. The predicted molar refractivity (Wildman–Crippen MR) is 74.8 cm³/mol. The summed E-state index contributed by atoms with van der Waals surface area (Å²) in [6.45, 7) is 0. The molecule has 0 fully saturated rings. The molecule has 0 atom stereocenters. The van der Waals surface area contributed by atoms with Gasteiger partial charge in [0.1, 0.15) is 11.4 Å². The molecule has 0 radical (unpaired) electrons. The molecule has 0 saturated heterocycles. The molecule has 0 unspecified atom stereocenters. The Labute approximate surface area is 112 Å². The van der Waals surface area contributed by atoms with Crippen LogP contribution in [0.1, 0.15) is 11.3 Å². The highest BCUT2D eigenvalue weighted by atomic mass is 16.5. The number of aromatic nitrogens is 2. The molecule has 0 amide bonds. The van der Waals surface area contributed by atoms with Crippen LogP contribution in [-0.4, -0.2) is 11.7 Å². The third kappa shape index (κ3) is 2.91. The minimum Gasteiger partial charge on any atom is -0.497 e. The van der Waals surface area contributed by atoms with Gasteiger partial charge in [-0.25, -0.2) is 4.57 Å². The second-order valence-corrected chi connectivity index (χ2v) is 4.30. The number of nitrogens with zero attached hydrogens (tertiary/aromatic N) is 2. The van der Waals surface area contributed by atoms with E-state index >= 15 is 0 Å². The van der Waals surface area contributed by atoms with Crippen LogP contribution in [0.3, 0.4) is 0 Å². The van der Waals surface area contributed by atoms with Crippen molar-refractivity contribution in [1.82, 2.24) is 4.57 Å². The zero-order valence-corrected chi connectivity index (χ0v) is 11.3. The van der Waals surface area contributed by atoms with E-state index in [2.05, 4.69) is 0 Å². The first-order chi connectivity index (χ1) is 9.11. The molecule has 19 heavy (non-hydrogen) atoms. The van der Waals surface area contributed by atoms with Gasteiger partial charge >= 0.3 is 5.69 Å². The van der Waals surface area contributed by atoms with E-state index in [0.717, 1.165) is 17.0 Å². The quantitative estimate of drug-likeness (QED) is 0.779. The van der Waals surface area contributed by atoms with E-state index in [1.807, 2.05) is 42.5 Å². The molecule has 2 aromatic rings. The van der Waals surface area contributed by atoms with Crippen LogP contribution in [0.2, 0.25) is 0 Å². The molecular weight excluding hydrogens is 240 g/mol. The fraction of sp³-hybridized carbons (Fsp3) is 0.200. The molecule has 0 spiro atoms. The van der Waals surface area contributed by atoms with Crippen molar-refractivity contribution < 1.29 is 9.30 Å². The van der Waals surface area contributed by atoms with E-state index in [0.29, 0.717) is 0 Å². The lowest BCUT2D eigenvalue weighted by atomic mass is 10.2. The van der Waals surface area contributed by atoms with Gasteiger partial charge in [0, 0.05) is 6.07 Å². The van der Waals surface area contributed by atoms with Gasteiger partial charge in [0.25, 0.3) is 0 Å². The molecule has 4 heteroatoms. The van der Waals surface area contributed by atoms with Crippen molar-refractivity contribution in [3.63, 3.8) is 0 Å². The topological polar surface area (TPSA) is 35.1 Å². The standard InChI is InChI=1S/C15H17N2O2/c1-16-11-10-13(17(2)15(16)18)7-4-12-5-8-14(19-3)9-6-12/h4-11H,1-3H3/q+1. The van der Waals surface area contributed by atoms with Crippen LogP contribution in [0, 0.1) is 0 Å². The van der Waals surface area contributed by atoms with Gasteiger partial charge in [-0.05, 0) is 23.8 Å². The maximum absolute atomic E-state index is 11.8. The van der Waals surface area contributed by atoms with Crippen LogP contribution in [0.5, 0.6) is 5.75 Å². The van der Waals surface area contributed by atoms with Crippen LogP contribution in [-0.2, 0) is 14.1 Å². The van der Waals surface area contributed by atoms with Crippen LogP contribution >= 0.6 is 0 Å². The SMILES string of the molecule is COc1ccc(C=Cc2cc[n+](C)c(=O)n2C)cc1. The third-order valence-electron chi connectivity index (χ3n) is 3.01. The van der Waals surface area contributed by atoms with Crippen molar-refractivity contribution in [2.45, 2.75) is 0 Å². The van der Waals surface area contributed by atoms with Crippen molar-refractivity contribution in [2.24, 2.45) is 14.1 Å². The Hall–Kier alpha value is -2.36. The molecule has 1 aromatic carbocycles. The van der Waals surface area contributed by atoms with Crippen LogP contribution in [0.15, 0.2) is 41.3 Å². The van der Waals surface area contributed by atoms with E-state index in [4.69, 9.17) is 4.74 Å². The van der Waals surface area contributed by atoms with Crippen molar-refractivity contribution in [1.29, 1.82) is 0 Å². The third-order valence-corrected chi connectivity index (χ3v) is 3.01. The molecular formula is C15H17N2O2+. The first kappa shape index (κ1) is 13.1. The summed E-state index contributed by atoms with van der Waals surface area (Å²) in [6, 6.07) is 9.65. The van der Waals surface area contributed by atoms with Gasteiger partial charge in [0.2, 0.25) is 0 Å². The number of methoxy groups -OCH3 is 1. The maximum atomic E-state index is 11.8. The van der Waals surface area contributed by atoms with Gasteiger partial charge in [0.05, 0.1) is 27.4 Å². The number of rotatable bonds is 3. The summed E-state index contributed by atoms with van der Waals surface area (Å²) in [6.07, 6.45) is 5.65. The number of hydrogen-bond acceptors (Lipinski definition) is 2. The summed E-state index contributed by atoms with van der Waals surface area (Å²) in [7, 11) is 5.14. The fourth-order valence-electron chi connectivity index (χ4n) is 1.77. The molecule has 0 aliphatic rings. The Morgan fingerprint density at radius 1 is 1.16 bits per heavy atom. The van der Waals surface area contributed by atoms with Gasteiger partial charge in [-0.3, -0.25) is 0 Å². The molecule has 0 aliphatic heterocycles. The molecule has 0 saturated carbocycles. The Balaban J connectivity index is 2.27. The summed E-state index contributed by atoms with van der Waals surface area (Å²) in [4.78, 5) is 11.8. The van der Waals surface area contributed by atoms with Crippen molar-refractivity contribution in [2.75, 3.05) is 7.11 Å².